The molecule has 0 saturated heterocycles. The summed E-state index contributed by atoms with van der Waals surface area (Å²) in [6, 6.07) is 7.45. The maximum Gasteiger partial charge on any atom is 0.161 e. The van der Waals surface area contributed by atoms with Crippen molar-refractivity contribution < 1.29 is 24.6 Å². The van der Waals surface area contributed by atoms with Gasteiger partial charge in [0.2, 0.25) is 0 Å². The summed E-state index contributed by atoms with van der Waals surface area (Å²) in [5, 5.41) is 22.2. The topological polar surface area (TPSA) is 63.4 Å². The van der Waals surface area contributed by atoms with Crippen molar-refractivity contribution in [1.29, 1.82) is 0 Å². The molecule has 0 radical (unpaired) electrons. The van der Waals surface area contributed by atoms with E-state index in [2.05, 4.69) is 12.3 Å². The molecule has 0 bridgehead atoms. The molecule has 2 atom stereocenters. The number of hydrogen-bond acceptors (Lipinski definition) is 4. The number of ether oxygens (including phenoxy) is 2. The Hall–Kier alpha value is -2.66. The van der Waals surface area contributed by atoms with Gasteiger partial charge in [-0.15, -0.1) is 0 Å². The van der Waals surface area contributed by atoms with Gasteiger partial charge in [0.1, 0.15) is 12.2 Å². The van der Waals surface area contributed by atoms with Crippen LogP contribution in [0.4, 0.5) is 0 Å². The summed E-state index contributed by atoms with van der Waals surface area (Å²) in [6.07, 6.45) is 5.24. The second-order valence-electron chi connectivity index (χ2n) is 6.24. The SMILES string of the molecule is COc1cc2c(cc1O)C1C=c3cc(O)c(OC)cc3=C[NH+]1CC2. The summed E-state index contributed by atoms with van der Waals surface area (Å²) in [5.41, 5.74) is 2.30. The molecule has 2 aliphatic rings. The highest BCUT2D eigenvalue weighted by atomic mass is 16.5. The van der Waals surface area contributed by atoms with Gasteiger partial charge in [0, 0.05) is 17.2 Å². The summed E-state index contributed by atoms with van der Waals surface area (Å²) >= 11 is 0. The largest absolute Gasteiger partial charge is 0.504 e. The maximum absolute atomic E-state index is 10.1. The van der Waals surface area contributed by atoms with Crippen molar-refractivity contribution in [3.63, 3.8) is 0 Å². The third kappa shape index (κ3) is 2.20. The molecule has 0 aromatic heterocycles. The predicted molar refractivity (Wildman–Crippen MR) is 89.8 cm³/mol. The molecule has 124 valence electrons. The summed E-state index contributed by atoms with van der Waals surface area (Å²) in [4.78, 5) is 1.31. The summed E-state index contributed by atoms with van der Waals surface area (Å²) in [6.45, 7) is 0.963. The zero-order valence-electron chi connectivity index (χ0n) is 13.7. The number of methoxy groups -OCH3 is 2. The predicted octanol–water partition coefficient (Wildman–Crippen LogP) is -0.171. The lowest BCUT2D eigenvalue weighted by Gasteiger charge is -2.32. The zero-order chi connectivity index (χ0) is 16.8. The monoisotopic (exact) mass is 326 g/mol. The number of benzene rings is 2. The fourth-order valence-corrected chi connectivity index (χ4v) is 3.70. The lowest BCUT2D eigenvalue weighted by Crippen LogP contribution is -3.09. The minimum Gasteiger partial charge on any atom is -0.504 e. The second-order valence-corrected chi connectivity index (χ2v) is 6.24. The van der Waals surface area contributed by atoms with E-state index in [1.54, 1.807) is 26.4 Å². The number of fused-ring (bicyclic) bond motifs is 4. The van der Waals surface area contributed by atoms with Crippen LogP contribution in [0.3, 0.4) is 0 Å². The molecule has 0 aliphatic carbocycles. The third-order valence-corrected chi connectivity index (χ3v) is 4.93. The van der Waals surface area contributed by atoms with Gasteiger partial charge in [-0.2, -0.15) is 0 Å². The van der Waals surface area contributed by atoms with Crippen LogP contribution in [0.1, 0.15) is 17.2 Å². The van der Waals surface area contributed by atoms with E-state index in [1.165, 1.54) is 10.5 Å². The Morgan fingerprint density at radius 2 is 1.67 bits per heavy atom. The van der Waals surface area contributed by atoms with E-state index in [1.807, 2.05) is 12.1 Å². The standard InChI is InChI=1S/C19H19NO4/c1-23-18-7-11-3-4-20-10-13-8-19(24-2)16(21)6-12(13)5-15(20)14(11)9-17(18)22/h5-10,15,21-22H,3-4H2,1-2H3/p+1. The number of phenolic OH excluding ortho intramolecular Hbond substituents is 2. The van der Waals surface area contributed by atoms with E-state index >= 15 is 0 Å². The maximum atomic E-state index is 10.1. The van der Waals surface area contributed by atoms with Crippen molar-refractivity contribution in [2.24, 2.45) is 0 Å². The molecule has 5 nitrogen and oxygen atoms in total. The minimum atomic E-state index is 0.117. The Kier molecular flexibility index (Phi) is 3.39. The first-order chi connectivity index (χ1) is 11.6. The quantitative estimate of drug-likeness (QED) is 0.717. The van der Waals surface area contributed by atoms with Crippen LogP contribution in [0.2, 0.25) is 0 Å². The molecule has 0 spiro atoms. The molecule has 0 fully saturated rings. The van der Waals surface area contributed by atoms with Crippen LogP contribution >= 0.6 is 0 Å². The molecule has 2 unspecified atom stereocenters. The first-order valence-corrected chi connectivity index (χ1v) is 7.97. The third-order valence-electron chi connectivity index (χ3n) is 4.93. The fourth-order valence-electron chi connectivity index (χ4n) is 3.70. The van der Waals surface area contributed by atoms with Gasteiger partial charge >= 0.3 is 0 Å². The molecular weight excluding hydrogens is 306 g/mol. The van der Waals surface area contributed by atoms with Gasteiger partial charge in [0.15, 0.2) is 23.0 Å². The molecule has 3 N–H and O–H groups in total. The van der Waals surface area contributed by atoms with Gasteiger partial charge in [-0.1, -0.05) is 0 Å². The highest BCUT2D eigenvalue weighted by Gasteiger charge is 2.31. The van der Waals surface area contributed by atoms with Gasteiger partial charge in [0.25, 0.3) is 0 Å². The lowest BCUT2D eigenvalue weighted by atomic mass is 9.90. The van der Waals surface area contributed by atoms with Crippen molar-refractivity contribution in [2.45, 2.75) is 12.5 Å². The van der Waals surface area contributed by atoms with Crippen LogP contribution < -0.4 is 24.8 Å². The number of phenols is 2. The van der Waals surface area contributed by atoms with Crippen LogP contribution in [0.5, 0.6) is 23.0 Å². The molecule has 2 aromatic rings. The van der Waals surface area contributed by atoms with E-state index in [-0.39, 0.29) is 17.5 Å². The molecule has 5 heteroatoms. The van der Waals surface area contributed by atoms with Crippen LogP contribution in [-0.4, -0.2) is 31.0 Å². The van der Waals surface area contributed by atoms with Crippen molar-refractivity contribution in [1.82, 2.24) is 0 Å². The van der Waals surface area contributed by atoms with E-state index < -0.39 is 0 Å². The average Bonchev–Trinajstić information content (AvgIpc) is 2.59. The number of quaternary nitrogens is 1. The lowest BCUT2D eigenvalue weighted by molar-refractivity contribution is -0.844. The summed E-state index contributed by atoms with van der Waals surface area (Å²) < 4.78 is 10.4. The molecule has 2 aromatic carbocycles. The Bertz CT molecular complexity index is 935. The van der Waals surface area contributed by atoms with E-state index in [4.69, 9.17) is 9.47 Å². The minimum absolute atomic E-state index is 0.117. The highest BCUT2D eigenvalue weighted by molar-refractivity contribution is 5.54. The van der Waals surface area contributed by atoms with Gasteiger partial charge < -0.3 is 19.7 Å². The first kappa shape index (κ1) is 14.9. The molecule has 2 heterocycles. The average molecular weight is 326 g/mol. The van der Waals surface area contributed by atoms with E-state index in [9.17, 15) is 10.2 Å². The van der Waals surface area contributed by atoms with Crippen LogP contribution in [0, 0.1) is 0 Å². The van der Waals surface area contributed by atoms with Gasteiger partial charge in [-0.3, -0.25) is 4.90 Å². The number of hydrogen-bond donors (Lipinski definition) is 3. The number of rotatable bonds is 2. The van der Waals surface area contributed by atoms with E-state index in [0.29, 0.717) is 11.5 Å². The van der Waals surface area contributed by atoms with Gasteiger partial charge in [-0.05, 0) is 41.1 Å². The fraction of sp³-hybridized carbons (Fsp3) is 0.263. The van der Waals surface area contributed by atoms with Crippen LogP contribution in [0.25, 0.3) is 12.3 Å². The van der Waals surface area contributed by atoms with Crippen molar-refractivity contribution in [3.8, 4) is 23.0 Å². The van der Waals surface area contributed by atoms with Crippen LogP contribution in [0.15, 0.2) is 24.3 Å². The smallest absolute Gasteiger partial charge is 0.161 e. The van der Waals surface area contributed by atoms with Gasteiger partial charge in [-0.25, -0.2) is 0 Å². The zero-order valence-corrected chi connectivity index (χ0v) is 13.7. The number of aromatic hydroxyl groups is 2. The molecule has 0 amide bonds. The Morgan fingerprint density at radius 1 is 0.958 bits per heavy atom. The van der Waals surface area contributed by atoms with E-state index in [0.717, 1.165) is 29.0 Å². The van der Waals surface area contributed by atoms with Crippen molar-refractivity contribution >= 4 is 12.3 Å². The Labute approximate surface area is 139 Å². The van der Waals surface area contributed by atoms with Crippen molar-refractivity contribution in [3.05, 3.63) is 45.8 Å². The molecule has 2 aliphatic heterocycles. The Balaban J connectivity index is 1.88. The molecular formula is C19H20NO4+. The normalized spacial score (nSPS) is 20.8. The highest BCUT2D eigenvalue weighted by Crippen LogP contribution is 2.34. The first-order valence-electron chi connectivity index (χ1n) is 7.97. The summed E-state index contributed by atoms with van der Waals surface area (Å²) in [7, 11) is 3.12. The molecule has 24 heavy (non-hydrogen) atoms. The molecule has 4 rings (SSSR count). The van der Waals surface area contributed by atoms with Gasteiger partial charge in [0.05, 0.1) is 20.8 Å². The summed E-state index contributed by atoms with van der Waals surface area (Å²) in [5.74, 6) is 1.29. The molecule has 0 saturated carbocycles. The van der Waals surface area contributed by atoms with Crippen LogP contribution in [-0.2, 0) is 6.42 Å². The second kappa shape index (κ2) is 5.46. The number of nitrogens with one attached hydrogen (secondary N) is 1. The van der Waals surface area contributed by atoms with Crippen molar-refractivity contribution in [2.75, 3.05) is 20.8 Å². The Morgan fingerprint density at radius 3 is 2.42 bits per heavy atom.